The zero-order valence-electron chi connectivity index (χ0n) is 13.3. The number of halogens is 1. The maximum atomic E-state index is 12.9. The van der Waals surface area contributed by atoms with Crippen LogP contribution in [-0.2, 0) is 17.1 Å². The smallest absolute Gasteiger partial charge is 0.335 e. The first-order valence-electron chi connectivity index (χ1n) is 7.66. The fourth-order valence-electron chi connectivity index (χ4n) is 2.44. The van der Waals surface area contributed by atoms with E-state index in [0.717, 1.165) is 16.8 Å². The number of rotatable bonds is 2. The Morgan fingerprint density at radius 2 is 1.64 bits per heavy atom. The monoisotopic (exact) mass is 376 g/mol. The van der Waals surface area contributed by atoms with E-state index in [-0.39, 0.29) is 35.0 Å². The van der Waals surface area contributed by atoms with Crippen molar-refractivity contribution >= 4 is 11.7 Å². The molecule has 3 nitrogen and oxygen atoms in total. The third-order valence-electron chi connectivity index (χ3n) is 3.63. The summed E-state index contributed by atoms with van der Waals surface area (Å²) in [5, 5.41) is 5.56. The number of benzene rings is 1. The van der Waals surface area contributed by atoms with Gasteiger partial charge in [0.1, 0.15) is 5.82 Å². The van der Waals surface area contributed by atoms with Crippen LogP contribution in [0.4, 0.5) is 9.18 Å². The minimum atomic E-state index is -0.288. The van der Waals surface area contributed by atoms with Crippen LogP contribution >= 0.6 is 0 Å². The molecule has 0 aliphatic carbocycles. The van der Waals surface area contributed by atoms with Gasteiger partial charge in [-0.2, -0.15) is 30.3 Å². The summed E-state index contributed by atoms with van der Waals surface area (Å²) in [7, 11) is 0. The van der Waals surface area contributed by atoms with Gasteiger partial charge < -0.3 is 10.6 Å². The molecule has 2 N–H and O–H groups in total. The van der Waals surface area contributed by atoms with Crippen molar-refractivity contribution in [2.75, 3.05) is 0 Å². The first-order chi connectivity index (χ1) is 11.7. The molecule has 128 valence electrons. The van der Waals surface area contributed by atoms with E-state index in [0.29, 0.717) is 0 Å². The van der Waals surface area contributed by atoms with Gasteiger partial charge in [0.25, 0.3) is 0 Å². The summed E-state index contributed by atoms with van der Waals surface area (Å²) < 4.78 is 12.9. The SMILES string of the molecule is O=C1NC([c-]2cccc2)=CC(c2ccc(F)cc2)N1.[Fe+2].c1cc[cH-]c1. The molecule has 0 saturated carbocycles. The number of hydrogen-bond acceptors (Lipinski definition) is 1. The van der Waals surface area contributed by atoms with Crippen LogP contribution in [0.3, 0.4) is 0 Å². The molecule has 25 heavy (non-hydrogen) atoms. The maximum Gasteiger partial charge on any atom is 2.00 e. The molecule has 0 radical (unpaired) electrons. The second-order valence-corrected chi connectivity index (χ2v) is 5.34. The van der Waals surface area contributed by atoms with Gasteiger partial charge in [-0.15, -0.1) is 18.2 Å². The molecule has 1 unspecified atom stereocenters. The Morgan fingerprint density at radius 1 is 1.00 bits per heavy atom. The summed E-state index contributed by atoms with van der Waals surface area (Å²) in [4.78, 5) is 11.7. The van der Waals surface area contributed by atoms with Gasteiger partial charge in [-0.1, -0.05) is 17.7 Å². The molecule has 1 atom stereocenters. The fourth-order valence-corrected chi connectivity index (χ4v) is 2.44. The summed E-state index contributed by atoms with van der Waals surface area (Å²) in [6.45, 7) is 0. The summed E-state index contributed by atoms with van der Waals surface area (Å²) in [6, 6.07) is 23.3. The standard InChI is InChI=1S/C15H12FN2O.C5H5.Fe/c16-12-7-5-11(6-8-12)14-9-13(17-15(19)18-14)10-3-1-2-4-10;1-2-4-5-3-1;/h1-9,14H,(H2,17,18,19);1-5H;/q2*-1;+2. The van der Waals surface area contributed by atoms with Crippen LogP contribution in [0.1, 0.15) is 17.2 Å². The molecule has 0 fully saturated rings. The molecule has 2 amide bonds. The van der Waals surface area contributed by atoms with Crippen molar-refractivity contribution in [1.29, 1.82) is 0 Å². The van der Waals surface area contributed by atoms with E-state index in [1.54, 1.807) is 12.1 Å². The Morgan fingerprint density at radius 3 is 2.20 bits per heavy atom. The average Bonchev–Trinajstić information content (AvgIpc) is 3.31. The zero-order chi connectivity index (χ0) is 16.8. The fraction of sp³-hybridized carbons (Fsp3) is 0.0500. The predicted octanol–water partition coefficient (Wildman–Crippen LogP) is 4.34. The molecule has 1 aliphatic heterocycles. The number of hydrogen-bond donors (Lipinski definition) is 2. The Balaban J connectivity index is 0.000000325. The normalized spacial score (nSPS) is 15.6. The molecule has 1 heterocycles. The van der Waals surface area contributed by atoms with Crippen LogP contribution in [0.15, 0.2) is 84.9 Å². The van der Waals surface area contributed by atoms with Crippen molar-refractivity contribution in [3.8, 4) is 0 Å². The second-order valence-electron chi connectivity index (χ2n) is 5.34. The van der Waals surface area contributed by atoms with Crippen molar-refractivity contribution in [2.45, 2.75) is 6.04 Å². The molecule has 1 aliphatic rings. The van der Waals surface area contributed by atoms with E-state index in [2.05, 4.69) is 10.6 Å². The first kappa shape index (κ1) is 18.7. The van der Waals surface area contributed by atoms with Gasteiger partial charge in [0.15, 0.2) is 0 Å². The average molecular weight is 376 g/mol. The molecule has 0 aromatic heterocycles. The quantitative estimate of drug-likeness (QED) is 0.507. The Bertz CT molecular complexity index is 776. The van der Waals surface area contributed by atoms with Crippen molar-refractivity contribution in [3.05, 3.63) is 102 Å². The van der Waals surface area contributed by atoms with Crippen LogP contribution in [0.5, 0.6) is 0 Å². The molecular weight excluding hydrogens is 359 g/mol. The molecule has 0 bridgehead atoms. The van der Waals surface area contributed by atoms with E-state index >= 15 is 0 Å². The minimum Gasteiger partial charge on any atom is -0.335 e. The van der Waals surface area contributed by atoms with E-state index in [1.165, 1.54) is 12.1 Å². The molecule has 0 spiro atoms. The summed E-state index contributed by atoms with van der Waals surface area (Å²) >= 11 is 0. The molecule has 5 heteroatoms. The predicted molar refractivity (Wildman–Crippen MR) is 92.9 cm³/mol. The summed E-state index contributed by atoms with van der Waals surface area (Å²) in [5.74, 6) is -0.288. The minimum absolute atomic E-state index is 0. The summed E-state index contributed by atoms with van der Waals surface area (Å²) in [5.41, 5.74) is 2.57. The van der Waals surface area contributed by atoms with Crippen molar-refractivity contribution in [1.82, 2.24) is 10.6 Å². The van der Waals surface area contributed by atoms with E-state index in [9.17, 15) is 9.18 Å². The number of amides is 2. The van der Waals surface area contributed by atoms with E-state index in [1.807, 2.05) is 60.7 Å². The van der Waals surface area contributed by atoms with E-state index < -0.39 is 0 Å². The van der Waals surface area contributed by atoms with Gasteiger partial charge >= 0.3 is 23.1 Å². The second kappa shape index (κ2) is 9.02. The van der Waals surface area contributed by atoms with Crippen molar-refractivity contribution in [3.63, 3.8) is 0 Å². The number of nitrogens with one attached hydrogen (secondary N) is 2. The van der Waals surface area contributed by atoms with Gasteiger partial charge in [0.05, 0.1) is 0 Å². The van der Waals surface area contributed by atoms with E-state index in [4.69, 9.17) is 0 Å². The van der Waals surface area contributed by atoms with Crippen LogP contribution in [0.25, 0.3) is 5.70 Å². The third kappa shape index (κ3) is 5.18. The molecular formula is C20H17FFeN2O. The van der Waals surface area contributed by atoms with Crippen LogP contribution in [-0.4, -0.2) is 6.03 Å². The van der Waals surface area contributed by atoms with Crippen molar-refractivity contribution < 1.29 is 26.3 Å². The number of urea groups is 1. The third-order valence-corrected chi connectivity index (χ3v) is 3.63. The molecule has 0 saturated heterocycles. The topological polar surface area (TPSA) is 41.1 Å². The van der Waals surface area contributed by atoms with Gasteiger partial charge in [-0.3, -0.25) is 0 Å². The van der Waals surface area contributed by atoms with Gasteiger partial charge in [0.2, 0.25) is 0 Å². The van der Waals surface area contributed by atoms with Crippen LogP contribution in [0, 0.1) is 5.82 Å². The van der Waals surface area contributed by atoms with Crippen molar-refractivity contribution in [2.24, 2.45) is 0 Å². The number of carbonyl (C=O) groups excluding carboxylic acids is 1. The van der Waals surface area contributed by atoms with Crippen LogP contribution in [0.2, 0.25) is 0 Å². The molecule has 4 rings (SSSR count). The molecule has 3 aromatic rings. The molecule has 3 aromatic carbocycles. The van der Waals surface area contributed by atoms with Gasteiger partial charge in [-0.05, 0) is 23.4 Å². The Hall–Kier alpha value is -2.62. The zero-order valence-corrected chi connectivity index (χ0v) is 14.4. The maximum absolute atomic E-state index is 12.9. The largest absolute Gasteiger partial charge is 2.00 e. The Kier molecular flexibility index (Phi) is 6.75. The Labute approximate surface area is 156 Å². The van der Waals surface area contributed by atoms with Crippen LogP contribution < -0.4 is 10.6 Å². The van der Waals surface area contributed by atoms with Gasteiger partial charge in [0, 0.05) is 6.04 Å². The summed E-state index contributed by atoms with van der Waals surface area (Å²) in [6.07, 6.45) is 1.92. The van der Waals surface area contributed by atoms with Gasteiger partial charge in [-0.25, -0.2) is 21.3 Å². The number of carbonyl (C=O) groups is 1. The first-order valence-corrected chi connectivity index (χ1v) is 7.66.